The molecule has 9 heteroatoms. The van der Waals surface area contributed by atoms with E-state index in [-0.39, 0.29) is 11.6 Å². The maximum absolute atomic E-state index is 13.5. The second kappa shape index (κ2) is 10.7. The quantitative estimate of drug-likeness (QED) is 0.105. The van der Waals surface area contributed by atoms with Gasteiger partial charge in [-0.25, -0.2) is 0 Å². The number of thiocarbonyl (C=S) groups is 1. The lowest BCUT2D eigenvalue weighted by molar-refractivity contribution is -0.384. The number of non-ortho nitro benzene ring substituents is 1. The minimum absolute atomic E-state index is 0.0781. The lowest BCUT2D eigenvalue weighted by Gasteiger charge is -2.17. The lowest BCUT2D eigenvalue weighted by atomic mass is 10.1. The largest absolute Gasteiger partial charge is 0.318 e. The number of amides is 1. The van der Waals surface area contributed by atoms with Crippen molar-refractivity contribution in [3.63, 3.8) is 0 Å². The zero-order chi connectivity index (χ0) is 28.7. The minimum Gasteiger partial charge on any atom is -0.318 e. The Morgan fingerprint density at radius 2 is 1.45 bits per heavy atom. The maximum Gasteiger partial charge on any atom is 0.281 e. The first-order valence-electron chi connectivity index (χ1n) is 12.7. The van der Waals surface area contributed by atoms with E-state index in [0.717, 1.165) is 49.2 Å². The first kappa shape index (κ1) is 27.4. The molecule has 0 atom stereocenters. The fraction of sp³-hybridized carbons (Fsp3) is 0.161. The Labute approximate surface area is 242 Å². The van der Waals surface area contributed by atoms with Gasteiger partial charge in [-0.3, -0.25) is 19.8 Å². The van der Waals surface area contributed by atoms with Crippen molar-refractivity contribution in [1.29, 1.82) is 0 Å². The van der Waals surface area contributed by atoms with E-state index in [1.54, 1.807) is 33.7 Å². The predicted octanol–water partition coefficient (Wildman–Crippen LogP) is 7.37. The van der Waals surface area contributed by atoms with Crippen LogP contribution in [0.2, 0.25) is 0 Å². The SMILES string of the molecule is Cc1ccc(N2C(=O)/C(=C/c3cc(C)n(-c4ccc(Sc5ccc([N+](=O)[O-])cc5)cc4)c3C)N(C)C2=S)cc1C. The monoisotopic (exact) mass is 568 g/mol. The number of aromatic nitrogens is 1. The minimum atomic E-state index is -0.398. The summed E-state index contributed by atoms with van der Waals surface area (Å²) in [5.41, 5.74) is 7.65. The maximum atomic E-state index is 13.5. The van der Waals surface area contributed by atoms with Crippen molar-refractivity contribution in [2.75, 3.05) is 11.9 Å². The van der Waals surface area contributed by atoms with Crippen LogP contribution >= 0.6 is 24.0 Å². The summed E-state index contributed by atoms with van der Waals surface area (Å²) >= 11 is 7.21. The van der Waals surface area contributed by atoms with E-state index in [1.807, 2.05) is 83.3 Å². The molecule has 7 nitrogen and oxygen atoms in total. The highest BCUT2D eigenvalue weighted by Crippen LogP contribution is 2.33. The van der Waals surface area contributed by atoms with E-state index in [0.29, 0.717) is 10.8 Å². The van der Waals surface area contributed by atoms with Crippen molar-refractivity contribution in [1.82, 2.24) is 9.47 Å². The Bertz CT molecular complexity index is 1690. The second-order valence-corrected chi connectivity index (χ2v) is 11.3. The van der Waals surface area contributed by atoms with Crippen molar-refractivity contribution in [3.05, 3.63) is 117 Å². The molecule has 5 rings (SSSR count). The number of hydrogen-bond acceptors (Lipinski definition) is 5. The fourth-order valence-corrected chi connectivity index (χ4v) is 5.87. The third-order valence-corrected chi connectivity index (χ3v) is 8.62. The van der Waals surface area contributed by atoms with Crippen LogP contribution in [0.1, 0.15) is 28.1 Å². The molecule has 0 saturated carbocycles. The third kappa shape index (κ3) is 5.05. The summed E-state index contributed by atoms with van der Waals surface area (Å²) in [6.45, 7) is 8.15. The Morgan fingerprint density at radius 1 is 0.850 bits per heavy atom. The molecule has 2 heterocycles. The van der Waals surface area contributed by atoms with Gasteiger partial charge in [-0.1, -0.05) is 17.8 Å². The van der Waals surface area contributed by atoms with Gasteiger partial charge in [0.15, 0.2) is 5.11 Å². The molecule has 1 aliphatic heterocycles. The number of nitrogens with zero attached hydrogens (tertiary/aromatic N) is 4. The van der Waals surface area contributed by atoms with Gasteiger partial charge in [0.1, 0.15) is 5.70 Å². The molecule has 0 N–H and O–H groups in total. The van der Waals surface area contributed by atoms with Gasteiger partial charge in [-0.15, -0.1) is 0 Å². The van der Waals surface area contributed by atoms with Gasteiger partial charge in [0.2, 0.25) is 0 Å². The number of hydrogen-bond donors (Lipinski definition) is 0. The molecule has 0 spiro atoms. The highest BCUT2D eigenvalue weighted by Gasteiger charge is 2.37. The van der Waals surface area contributed by atoms with Crippen molar-refractivity contribution < 1.29 is 9.72 Å². The van der Waals surface area contributed by atoms with Gasteiger partial charge in [0.25, 0.3) is 11.6 Å². The molecule has 40 heavy (non-hydrogen) atoms. The number of likely N-dealkylation sites (N-methyl/N-ethyl adjacent to an activating group) is 1. The zero-order valence-corrected chi connectivity index (χ0v) is 24.5. The predicted molar refractivity (Wildman–Crippen MR) is 164 cm³/mol. The van der Waals surface area contributed by atoms with Crippen LogP contribution in [0.5, 0.6) is 0 Å². The summed E-state index contributed by atoms with van der Waals surface area (Å²) in [4.78, 5) is 29.3. The van der Waals surface area contributed by atoms with Crippen molar-refractivity contribution in [3.8, 4) is 5.69 Å². The molecule has 1 fully saturated rings. The van der Waals surface area contributed by atoms with E-state index in [1.165, 1.54) is 12.1 Å². The van der Waals surface area contributed by atoms with Crippen molar-refractivity contribution in [2.45, 2.75) is 37.5 Å². The van der Waals surface area contributed by atoms with Crippen molar-refractivity contribution >= 4 is 52.5 Å². The Kier molecular flexibility index (Phi) is 7.35. The smallest absolute Gasteiger partial charge is 0.281 e. The van der Waals surface area contributed by atoms with Crippen LogP contribution in [-0.2, 0) is 4.79 Å². The number of rotatable bonds is 6. The number of aryl methyl sites for hydroxylation is 3. The van der Waals surface area contributed by atoms with E-state index < -0.39 is 4.92 Å². The van der Waals surface area contributed by atoms with Crippen LogP contribution in [0, 0.1) is 37.8 Å². The van der Waals surface area contributed by atoms with Gasteiger partial charge in [-0.05, 0) is 117 Å². The van der Waals surface area contributed by atoms with E-state index in [9.17, 15) is 14.9 Å². The lowest BCUT2D eigenvalue weighted by Crippen LogP contribution is -2.31. The molecule has 0 unspecified atom stereocenters. The van der Waals surface area contributed by atoms with Gasteiger partial charge in [0, 0.05) is 46.0 Å². The number of nitro groups is 1. The molecule has 1 aromatic heterocycles. The summed E-state index contributed by atoms with van der Waals surface area (Å²) in [5, 5.41) is 11.4. The molecule has 0 aliphatic carbocycles. The van der Waals surface area contributed by atoms with Crippen LogP contribution in [0.15, 0.2) is 88.3 Å². The highest BCUT2D eigenvalue weighted by molar-refractivity contribution is 7.99. The molecule has 4 aromatic rings. The van der Waals surface area contributed by atoms with E-state index in [2.05, 4.69) is 10.6 Å². The second-order valence-electron chi connectivity index (χ2n) is 9.79. The molecular formula is C31H28N4O3S2. The summed E-state index contributed by atoms with van der Waals surface area (Å²) in [6.07, 6.45) is 1.91. The number of carbonyl (C=O) groups excluding carboxylic acids is 1. The molecule has 1 aliphatic rings. The topological polar surface area (TPSA) is 71.6 Å². The third-order valence-electron chi connectivity index (χ3n) is 7.15. The Hall–Kier alpha value is -4.21. The average Bonchev–Trinajstić information content (AvgIpc) is 3.32. The number of nitro benzene ring substituents is 1. The molecule has 0 radical (unpaired) electrons. The van der Waals surface area contributed by atoms with Gasteiger partial charge in [-0.2, -0.15) is 0 Å². The van der Waals surface area contributed by atoms with E-state index in [4.69, 9.17) is 12.2 Å². The number of anilines is 1. The standard InChI is InChI=1S/C31H28N4O3S2/c1-19-6-7-26(16-20(19)2)34-30(36)29(32(5)31(34)39)18-23-17-21(3)33(22(23)4)24-8-12-27(13-9-24)40-28-14-10-25(11-15-28)35(37)38/h6-18H,1-5H3/b29-18-. The molecule has 3 aromatic carbocycles. The summed E-state index contributed by atoms with van der Waals surface area (Å²) in [5.74, 6) is -0.145. The Morgan fingerprint density at radius 3 is 2.05 bits per heavy atom. The summed E-state index contributed by atoms with van der Waals surface area (Å²) in [7, 11) is 1.83. The van der Waals surface area contributed by atoms with Crippen LogP contribution in [0.3, 0.4) is 0 Å². The Balaban J connectivity index is 1.40. The highest BCUT2D eigenvalue weighted by atomic mass is 32.2. The van der Waals surface area contributed by atoms with Crippen LogP contribution in [0.25, 0.3) is 11.8 Å². The zero-order valence-electron chi connectivity index (χ0n) is 22.8. The molecule has 202 valence electrons. The first-order valence-corrected chi connectivity index (χ1v) is 13.9. The fourth-order valence-electron chi connectivity index (χ4n) is 4.76. The first-order chi connectivity index (χ1) is 19.0. The molecule has 1 saturated heterocycles. The molecule has 1 amide bonds. The summed E-state index contributed by atoms with van der Waals surface area (Å²) in [6, 6.07) is 22.7. The van der Waals surface area contributed by atoms with E-state index >= 15 is 0 Å². The number of carbonyl (C=O) groups is 1. The van der Waals surface area contributed by atoms with Gasteiger partial charge in [0.05, 0.1) is 10.6 Å². The van der Waals surface area contributed by atoms with Crippen LogP contribution in [-0.4, -0.2) is 32.5 Å². The van der Waals surface area contributed by atoms with Crippen LogP contribution in [0.4, 0.5) is 11.4 Å². The molecular weight excluding hydrogens is 541 g/mol. The van der Waals surface area contributed by atoms with Crippen LogP contribution < -0.4 is 4.90 Å². The van der Waals surface area contributed by atoms with Gasteiger partial charge < -0.3 is 9.47 Å². The number of benzene rings is 3. The van der Waals surface area contributed by atoms with Crippen molar-refractivity contribution in [2.24, 2.45) is 0 Å². The normalized spacial score (nSPS) is 14.5. The average molecular weight is 569 g/mol. The summed E-state index contributed by atoms with van der Waals surface area (Å²) < 4.78 is 2.16. The molecule has 0 bridgehead atoms. The van der Waals surface area contributed by atoms with Gasteiger partial charge >= 0.3 is 0 Å².